The van der Waals surface area contributed by atoms with Crippen molar-refractivity contribution < 1.29 is 14.2 Å². The van der Waals surface area contributed by atoms with Gasteiger partial charge in [-0.05, 0) is 25.0 Å². The molecular weight excluding hydrogens is 445 g/mol. The monoisotopic (exact) mass is 477 g/mol. The molecule has 0 bridgehead atoms. The first-order chi connectivity index (χ1) is 12.2. The molecule has 1 aliphatic heterocycles. The number of hydrogen-bond donors (Lipinski definition) is 1. The van der Waals surface area contributed by atoms with E-state index >= 15 is 0 Å². The van der Waals surface area contributed by atoms with Crippen molar-refractivity contribution in [2.75, 3.05) is 60.2 Å². The molecule has 0 radical (unpaired) electrons. The minimum atomic E-state index is 0. The molecule has 0 amide bonds. The lowest BCUT2D eigenvalue weighted by Gasteiger charge is -2.35. The molecule has 1 aliphatic rings. The molecular formula is C19H32IN3O3. The first kappa shape index (κ1) is 23.1. The largest absolute Gasteiger partial charge is 0.382 e. The quantitative estimate of drug-likeness (QED) is 0.283. The number of methoxy groups -OCH3 is 1. The van der Waals surface area contributed by atoms with Crippen LogP contribution in [0.2, 0.25) is 0 Å². The molecule has 7 heteroatoms. The molecule has 1 unspecified atom stereocenters. The van der Waals surface area contributed by atoms with Gasteiger partial charge in [0.05, 0.1) is 33.0 Å². The van der Waals surface area contributed by atoms with Crippen molar-refractivity contribution in [2.45, 2.75) is 20.0 Å². The Morgan fingerprint density at radius 1 is 1.31 bits per heavy atom. The average molecular weight is 477 g/mol. The van der Waals surface area contributed by atoms with Gasteiger partial charge in [0, 0.05) is 27.2 Å². The summed E-state index contributed by atoms with van der Waals surface area (Å²) >= 11 is 0. The highest BCUT2D eigenvalue weighted by Gasteiger charge is 2.25. The van der Waals surface area contributed by atoms with E-state index in [1.807, 2.05) is 7.05 Å². The second kappa shape index (κ2) is 12.5. The number of halogens is 1. The third-order valence-electron chi connectivity index (χ3n) is 4.31. The van der Waals surface area contributed by atoms with Gasteiger partial charge in [0.1, 0.15) is 6.10 Å². The third-order valence-corrected chi connectivity index (χ3v) is 4.31. The van der Waals surface area contributed by atoms with Gasteiger partial charge in [0.25, 0.3) is 0 Å². The van der Waals surface area contributed by atoms with Crippen LogP contribution in [0.1, 0.15) is 22.8 Å². The third kappa shape index (κ3) is 7.02. The fraction of sp³-hybridized carbons (Fsp3) is 0.632. The van der Waals surface area contributed by atoms with Crippen molar-refractivity contribution in [1.29, 1.82) is 0 Å². The number of nitrogens with one attached hydrogen (secondary N) is 1. The maximum Gasteiger partial charge on any atom is 0.193 e. The summed E-state index contributed by atoms with van der Waals surface area (Å²) in [6.07, 6.45) is 0.0749. The van der Waals surface area contributed by atoms with E-state index in [1.165, 1.54) is 16.7 Å². The Morgan fingerprint density at radius 2 is 2.12 bits per heavy atom. The number of hydrogen-bond acceptors (Lipinski definition) is 4. The lowest BCUT2D eigenvalue weighted by molar-refractivity contribution is -0.00848. The van der Waals surface area contributed by atoms with Gasteiger partial charge in [-0.2, -0.15) is 0 Å². The number of morpholine rings is 1. The molecule has 26 heavy (non-hydrogen) atoms. The summed E-state index contributed by atoms with van der Waals surface area (Å²) in [6, 6.07) is 6.54. The molecule has 148 valence electrons. The molecule has 0 aromatic heterocycles. The number of aliphatic imine (C=N–C) groups is 1. The van der Waals surface area contributed by atoms with Gasteiger partial charge in [0.2, 0.25) is 0 Å². The first-order valence-corrected chi connectivity index (χ1v) is 8.86. The Labute approximate surface area is 174 Å². The molecule has 6 nitrogen and oxygen atoms in total. The molecule has 1 atom stereocenters. The molecule has 1 heterocycles. The molecule has 1 aromatic carbocycles. The summed E-state index contributed by atoms with van der Waals surface area (Å²) in [5, 5.41) is 3.37. The zero-order valence-electron chi connectivity index (χ0n) is 16.3. The second-order valence-corrected chi connectivity index (χ2v) is 6.24. The summed E-state index contributed by atoms with van der Waals surface area (Å²) in [7, 11) is 3.49. The Morgan fingerprint density at radius 3 is 2.81 bits per heavy atom. The van der Waals surface area contributed by atoms with Crippen LogP contribution >= 0.6 is 24.0 Å². The highest BCUT2D eigenvalue weighted by atomic mass is 127. The summed E-state index contributed by atoms with van der Waals surface area (Å²) in [5.41, 5.74) is 3.81. The van der Waals surface area contributed by atoms with E-state index in [4.69, 9.17) is 14.2 Å². The van der Waals surface area contributed by atoms with Gasteiger partial charge in [-0.3, -0.25) is 4.99 Å². The Bertz CT molecular complexity index is 569. The van der Waals surface area contributed by atoms with Crippen LogP contribution in [-0.4, -0.2) is 71.1 Å². The molecule has 2 rings (SSSR count). The average Bonchev–Trinajstić information content (AvgIpc) is 2.61. The molecule has 1 fully saturated rings. The summed E-state index contributed by atoms with van der Waals surface area (Å²) in [5.74, 6) is 0.897. The van der Waals surface area contributed by atoms with Crippen molar-refractivity contribution in [3.63, 3.8) is 0 Å². The Balaban J connectivity index is 0.00000338. The fourth-order valence-corrected chi connectivity index (χ4v) is 3.03. The van der Waals surface area contributed by atoms with Crippen molar-refractivity contribution in [3.8, 4) is 0 Å². The number of rotatable bonds is 7. The topological polar surface area (TPSA) is 55.3 Å². The van der Waals surface area contributed by atoms with E-state index in [0.717, 1.165) is 25.6 Å². The molecule has 0 spiro atoms. The predicted octanol–water partition coefficient (Wildman–Crippen LogP) is 2.53. The van der Waals surface area contributed by atoms with Crippen LogP contribution in [0.3, 0.4) is 0 Å². The normalized spacial score (nSPS) is 17.8. The lowest BCUT2D eigenvalue weighted by atomic mass is 10.00. The van der Waals surface area contributed by atoms with Crippen LogP contribution in [-0.2, 0) is 14.2 Å². The SMILES string of the molecule is CN=C(NCCOCCOC)N1CCOC(c2ccc(C)cc2C)C1.I. The zero-order valence-corrected chi connectivity index (χ0v) is 18.6. The van der Waals surface area contributed by atoms with E-state index in [2.05, 4.69) is 47.3 Å². The first-order valence-electron chi connectivity index (χ1n) is 8.86. The molecule has 0 aliphatic carbocycles. The van der Waals surface area contributed by atoms with Gasteiger partial charge in [-0.25, -0.2) is 0 Å². The van der Waals surface area contributed by atoms with Crippen LogP contribution in [0.25, 0.3) is 0 Å². The smallest absolute Gasteiger partial charge is 0.193 e. The highest BCUT2D eigenvalue weighted by molar-refractivity contribution is 14.0. The summed E-state index contributed by atoms with van der Waals surface area (Å²) < 4.78 is 16.5. The van der Waals surface area contributed by atoms with Gasteiger partial charge in [-0.1, -0.05) is 23.8 Å². The van der Waals surface area contributed by atoms with Gasteiger partial charge >= 0.3 is 0 Å². The predicted molar refractivity (Wildman–Crippen MR) is 116 cm³/mol. The van der Waals surface area contributed by atoms with E-state index in [9.17, 15) is 0 Å². The Hall–Kier alpha value is -0.900. The summed E-state index contributed by atoms with van der Waals surface area (Å²) in [4.78, 5) is 6.66. The van der Waals surface area contributed by atoms with E-state index in [0.29, 0.717) is 26.4 Å². The second-order valence-electron chi connectivity index (χ2n) is 6.24. The zero-order chi connectivity index (χ0) is 18.1. The Kier molecular flexibility index (Phi) is 11.1. The van der Waals surface area contributed by atoms with Crippen molar-refractivity contribution in [3.05, 3.63) is 34.9 Å². The number of ether oxygens (including phenoxy) is 3. The van der Waals surface area contributed by atoms with Gasteiger partial charge in [0.15, 0.2) is 5.96 Å². The number of benzene rings is 1. The van der Waals surface area contributed by atoms with E-state index < -0.39 is 0 Å². The number of guanidine groups is 1. The standard InChI is InChI=1S/C19H31N3O3.HI/c1-15-5-6-17(16(2)13-15)18-14-22(8-10-25-18)19(20-3)21-7-9-24-12-11-23-4;/h5-6,13,18H,7-12,14H2,1-4H3,(H,20,21);1H. The van der Waals surface area contributed by atoms with Gasteiger partial charge < -0.3 is 24.4 Å². The van der Waals surface area contributed by atoms with Crippen LogP contribution < -0.4 is 5.32 Å². The molecule has 1 aromatic rings. The van der Waals surface area contributed by atoms with Crippen molar-refractivity contribution >= 4 is 29.9 Å². The van der Waals surface area contributed by atoms with Crippen molar-refractivity contribution in [1.82, 2.24) is 10.2 Å². The summed E-state index contributed by atoms with van der Waals surface area (Å²) in [6.45, 7) is 9.19. The minimum absolute atomic E-state index is 0. The maximum atomic E-state index is 6.02. The highest BCUT2D eigenvalue weighted by Crippen LogP contribution is 2.25. The van der Waals surface area contributed by atoms with Crippen molar-refractivity contribution in [2.24, 2.45) is 4.99 Å². The van der Waals surface area contributed by atoms with E-state index in [1.54, 1.807) is 7.11 Å². The molecule has 1 N–H and O–H groups in total. The number of nitrogens with zero attached hydrogens (tertiary/aromatic N) is 2. The maximum absolute atomic E-state index is 6.02. The van der Waals surface area contributed by atoms with Crippen LogP contribution in [0.5, 0.6) is 0 Å². The molecule has 0 saturated carbocycles. The molecule has 1 saturated heterocycles. The number of aryl methyl sites for hydroxylation is 2. The minimum Gasteiger partial charge on any atom is -0.382 e. The van der Waals surface area contributed by atoms with Crippen LogP contribution in [0, 0.1) is 13.8 Å². The van der Waals surface area contributed by atoms with Gasteiger partial charge in [-0.15, -0.1) is 24.0 Å². The van der Waals surface area contributed by atoms with Crippen LogP contribution in [0.15, 0.2) is 23.2 Å². The fourth-order valence-electron chi connectivity index (χ4n) is 3.03. The lowest BCUT2D eigenvalue weighted by Crippen LogP contribution is -2.48. The van der Waals surface area contributed by atoms with E-state index in [-0.39, 0.29) is 30.1 Å². The van der Waals surface area contributed by atoms with Crippen LogP contribution in [0.4, 0.5) is 0 Å².